The van der Waals surface area contributed by atoms with E-state index in [1.165, 1.54) is 0 Å². The molecular weight excluding hydrogens is 342 g/mol. The number of carbonyl (C=O) groups is 1. The molecule has 1 N–H and O–H groups in total. The first-order valence-electron chi connectivity index (χ1n) is 8.80. The second kappa shape index (κ2) is 8.40. The number of anilines is 2. The predicted octanol–water partition coefficient (Wildman–Crippen LogP) is 4.44. The number of nitrogens with zero attached hydrogens (tertiary/aromatic N) is 2. The highest BCUT2D eigenvalue weighted by Crippen LogP contribution is 2.27. The summed E-state index contributed by atoms with van der Waals surface area (Å²) in [4.78, 5) is 12.6. The van der Waals surface area contributed by atoms with Crippen molar-refractivity contribution in [1.82, 2.24) is 9.78 Å². The van der Waals surface area contributed by atoms with Gasteiger partial charge in [0, 0.05) is 6.07 Å². The molecule has 2 aromatic carbocycles. The number of aromatic nitrogens is 2. The third kappa shape index (κ3) is 4.47. The molecule has 1 heterocycles. The summed E-state index contributed by atoms with van der Waals surface area (Å²) in [5.41, 5.74) is 1.96. The molecule has 27 heavy (non-hydrogen) atoms. The van der Waals surface area contributed by atoms with Crippen LogP contribution < -0.4 is 10.1 Å². The van der Waals surface area contributed by atoms with Crippen LogP contribution in [-0.4, -0.2) is 29.5 Å². The highest BCUT2D eigenvalue weighted by atomic mass is 16.5. The van der Waals surface area contributed by atoms with Gasteiger partial charge in [0.15, 0.2) is 0 Å². The summed E-state index contributed by atoms with van der Waals surface area (Å²) in [6.07, 6.45) is 1.70. The lowest BCUT2D eigenvalue weighted by molar-refractivity contribution is 0.0460. The number of benzene rings is 2. The second-order valence-electron chi connectivity index (χ2n) is 6.49. The van der Waals surface area contributed by atoms with E-state index < -0.39 is 5.97 Å². The summed E-state index contributed by atoms with van der Waals surface area (Å²) in [7, 11) is 1.57. The zero-order valence-corrected chi connectivity index (χ0v) is 15.7. The van der Waals surface area contributed by atoms with Gasteiger partial charge in [0.05, 0.1) is 36.9 Å². The molecule has 3 rings (SSSR count). The molecule has 1 aromatic heterocycles. The normalized spacial score (nSPS) is 10.7. The zero-order chi connectivity index (χ0) is 19.2. The smallest absolute Gasteiger partial charge is 0.340 e. The van der Waals surface area contributed by atoms with Crippen LogP contribution in [0.5, 0.6) is 5.75 Å². The Labute approximate surface area is 158 Å². The summed E-state index contributed by atoms with van der Waals surface area (Å²) in [6, 6.07) is 16.9. The van der Waals surface area contributed by atoms with Crippen molar-refractivity contribution in [2.24, 2.45) is 5.92 Å². The Morgan fingerprint density at radius 3 is 2.63 bits per heavy atom. The first-order chi connectivity index (χ1) is 13.1. The maximum absolute atomic E-state index is 12.6. The van der Waals surface area contributed by atoms with Crippen LogP contribution in [0, 0.1) is 5.92 Å². The van der Waals surface area contributed by atoms with E-state index in [1.807, 2.05) is 50.2 Å². The third-order valence-corrected chi connectivity index (χ3v) is 3.90. The van der Waals surface area contributed by atoms with Gasteiger partial charge in [-0.15, -0.1) is 0 Å². The maximum Gasteiger partial charge on any atom is 0.340 e. The van der Waals surface area contributed by atoms with Crippen LogP contribution in [0.3, 0.4) is 0 Å². The van der Waals surface area contributed by atoms with Gasteiger partial charge in [-0.3, -0.25) is 0 Å². The van der Waals surface area contributed by atoms with Gasteiger partial charge in [-0.2, -0.15) is 5.10 Å². The molecule has 0 unspecified atom stereocenters. The summed E-state index contributed by atoms with van der Waals surface area (Å²) in [5, 5.41) is 7.65. The summed E-state index contributed by atoms with van der Waals surface area (Å²) >= 11 is 0. The van der Waals surface area contributed by atoms with E-state index in [0.29, 0.717) is 23.6 Å². The zero-order valence-electron chi connectivity index (χ0n) is 15.7. The highest BCUT2D eigenvalue weighted by Gasteiger charge is 2.16. The van der Waals surface area contributed by atoms with Gasteiger partial charge in [-0.05, 0) is 36.2 Å². The molecule has 6 nitrogen and oxygen atoms in total. The molecule has 0 aliphatic carbocycles. The number of hydrogen-bond acceptors (Lipinski definition) is 5. The number of hydrogen-bond donors (Lipinski definition) is 1. The van der Waals surface area contributed by atoms with Crippen molar-refractivity contribution in [1.29, 1.82) is 0 Å². The second-order valence-corrected chi connectivity index (χ2v) is 6.49. The molecule has 0 saturated heterocycles. The standard InChI is InChI=1S/C21H23N3O3/c1-15(2)14-27-21(25)18-13-17(26-3)9-10-19(18)23-20-11-12-22-24(20)16-7-5-4-6-8-16/h4-13,15,23H,14H2,1-3H3. The minimum atomic E-state index is -0.393. The Kier molecular flexibility index (Phi) is 5.76. The maximum atomic E-state index is 12.6. The third-order valence-electron chi connectivity index (χ3n) is 3.90. The average molecular weight is 365 g/mol. The van der Waals surface area contributed by atoms with Crippen molar-refractivity contribution in [3.63, 3.8) is 0 Å². The van der Waals surface area contributed by atoms with Crippen LogP contribution >= 0.6 is 0 Å². The van der Waals surface area contributed by atoms with Gasteiger partial charge >= 0.3 is 5.97 Å². The number of nitrogens with one attached hydrogen (secondary N) is 1. The molecule has 0 atom stereocenters. The fourth-order valence-corrected chi connectivity index (χ4v) is 2.56. The SMILES string of the molecule is COc1ccc(Nc2ccnn2-c2ccccc2)c(C(=O)OCC(C)C)c1. The number of methoxy groups -OCH3 is 1. The van der Waals surface area contributed by atoms with Crippen LogP contribution in [0.15, 0.2) is 60.8 Å². The first-order valence-corrected chi connectivity index (χ1v) is 8.80. The van der Waals surface area contributed by atoms with Crippen LogP contribution in [-0.2, 0) is 4.74 Å². The van der Waals surface area contributed by atoms with Crippen LogP contribution in [0.25, 0.3) is 5.69 Å². The van der Waals surface area contributed by atoms with Gasteiger partial charge in [0.25, 0.3) is 0 Å². The molecule has 140 valence electrons. The number of para-hydroxylation sites is 1. The predicted molar refractivity (Wildman–Crippen MR) is 105 cm³/mol. The first kappa shape index (κ1) is 18.5. The van der Waals surface area contributed by atoms with E-state index in [2.05, 4.69) is 10.4 Å². The largest absolute Gasteiger partial charge is 0.497 e. The average Bonchev–Trinajstić information content (AvgIpc) is 3.15. The van der Waals surface area contributed by atoms with Gasteiger partial charge in [0.2, 0.25) is 0 Å². The molecule has 0 amide bonds. The molecule has 6 heteroatoms. The molecular formula is C21H23N3O3. The van der Waals surface area contributed by atoms with Crippen molar-refractivity contribution in [2.45, 2.75) is 13.8 Å². The van der Waals surface area contributed by atoms with Crippen molar-refractivity contribution in [3.8, 4) is 11.4 Å². The minimum Gasteiger partial charge on any atom is -0.497 e. The van der Waals surface area contributed by atoms with E-state index in [-0.39, 0.29) is 5.92 Å². The number of ether oxygens (including phenoxy) is 2. The lowest BCUT2D eigenvalue weighted by Crippen LogP contribution is -2.13. The molecule has 3 aromatic rings. The van der Waals surface area contributed by atoms with Crippen molar-refractivity contribution < 1.29 is 14.3 Å². The molecule has 0 radical (unpaired) electrons. The quantitative estimate of drug-likeness (QED) is 0.627. The van der Waals surface area contributed by atoms with Crippen LogP contribution in [0.1, 0.15) is 24.2 Å². The number of carbonyl (C=O) groups excluding carboxylic acids is 1. The Morgan fingerprint density at radius 2 is 1.93 bits per heavy atom. The fourth-order valence-electron chi connectivity index (χ4n) is 2.56. The molecule has 0 fully saturated rings. The molecule has 0 aliphatic heterocycles. The van der Waals surface area contributed by atoms with E-state index in [0.717, 1.165) is 11.5 Å². The van der Waals surface area contributed by atoms with E-state index in [1.54, 1.807) is 36.2 Å². The molecule has 0 saturated carbocycles. The van der Waals surface area contributed by atoms with E-state index >= 15 is 0 Å². The Hall–Kier alpha value is -3.28. The molecule has 0 aliphatic rings. The minimum absolute atomic E-state index is 0.260. The lowest BCUT2D eigenvalue weighted by Gasteiger charge is -2.15. The van der Waals surface area contributed by atoms with Crippen molar-refractivity contribution in [3.05, 3.63) is 66.4 Å². The number of esters is 1. The van der Waals surface area contributed by atoms with Crippen LogP contribution in [0.4, 0.5) is 11.5 Å². The summed E-state index contributed by atoms with van der Waals surface area (Å²) in [6.45, 7) is 4.35. The van der Waals surface area contributed by atoms with Gasteiger partial charge < -0.3 is 14.8 Å². The van der Waals surface area contributed by atoms with Crippen LogP contribution in [0.2, 0.25) is 0 Å². The van der Waals surface area contributed by atoms with Gasteiger partial charge in [0.1, 0.15) is 11.6 Å². The Balaban J connectivity index is 1.91. The van der Waals surface area contributed by atoms with Crippen molar-refractivity contribution in [2.75, 3.05) is 19.0 Å². The van der Waals surface area contributed by atoms with E-state index in [9.17, 15) is 4.79 Å². The van der Waals surface area contributed by atoms with E-state index in [4.69, 9.17) is 9.47 Å². The Bertz CT molecular complexity index is 904. The lowest BCUT2D eigenvalue weighted by atomic mass is 10.1. The Morgan fingerprint density at radius 1 is 1.15 bits per heavy atom. The molecule has 0 spiro atoms. The van der Waals surface area contributed by atoms with Gasteiger partial charge in [-0.25, -0.2) is 9.48 Å². The highest BCUT2D eigenvalue weighted by molar-refractivity contribution is 5.97. The number of rotatable bonds is 7. The summed E-state index contributed by atoms with van der Waals surface area (Å²) in [5.74, 6) is 1.20. The fraction of sp³-hybridized carbons (Fsp3) is 0.238. The van der Waals surface area contributed by atoms with Gasteiger partial charge in [-0.1, -0.05) is 32.0 Å². The monoisotopic (exact) mass is 365 g/mol. The molecule has 0 bridgehead atoms. The topological polar surface area (TPSA) is 65.4 Å². The summed E-state index contributed by atoms with van der Waals surface area (Å²) < 4.78 is 12.4. The van der Waals surface area contributed by atoms with Crippen molar-refractivity contribution >= 4 is 17.5 Å².